The fourth-order valence-corrected chi connectivity index (χ4v) is 5.95. The van der Waals surface area contributed by atoms with E-state index >= 15 is 0 Å². The van der Waals surface area contributed by atoms with Crippen LogP contribution in [0.5, 0.6) is 0 Å². The molecule has 2 aliphatic heterocycles. The minimum atomic E-state index is -0.882. The number of nitriles is 1. The molecule has 1 spiro atoms. The number of hydrogen-bond acceptors (Lipinski definition) is 9. The molecule has 198 valence electrons. The first-order valence-corrected chi connectivity index (χ1v) is 13.2. The van der Waals surface area contributed by atoms with Gasteiger partial charge in [0, 0.05) is 55.1 Å². The monoisotopic (exact) mass is 513 g/mol. The highest BCUT2D eigenvalue weighted by molar-refractivity contribution is 5.88. The Hall–Kier alpha value is -4.00. The lowest BCUT2D eigenvalue weighted by molar-refractivity contribution is -0.138. The van der Waals surface area contributed by atoms with Crippen molar-refractivity contribution in [3.05, 3.63) is 48.1 Å². The van der Waals surface area contributed by atoms with Gasteiger partial charge in [0.15, 0.2) is 0 Å². The van der Waals surface area contributed by atoms with Crippen LogP contribution in [0.4, 0.5) is 17.5 Å². The number of aliphatic imine (C=N–C) groups is 1. The van der Waals surface area contributed by atoms with Crippen molar-refractivity contribution in [2.75, 3.05) is 29.4 Å². The number of nitrogens with two attached hydrogens (primary N) is 1. The summed E-state index contributed by atoms with van der Waals surface area (Å²) in [6, 6.07) is 5.80. The van der Waals surface area contributed by atoms with Crippen molar-refractivity contribution in [3.63, 3.8) is 0 Å². The highest BCUT2D eigenvalue weighted by Gasteiger charge is 2.52. The summed E-state index contributed by atoms with van der Waals surface area (Å²) >= 11 is 0. The van der Waals surface area contributed by atoms with Crippen LogP contribution in [0.1, 0.15) is 58.1 Å². The molecule has 1 saturated carbocycles. The molecule has 10 nitrogen and oxygen atoms in total. The largest absolute Gasteiger partial charge is 0.405 e. The van der Waals surface area contributed by atoms with Gasteiger partial charge in [-0.2, -0.15) is 5.26 Å². The number of aromatic nitrogens is 3. The Kier molecular flexibility index (Phi) is 6.55. The van der Waals surface area contributed by atoms with Gasteiger partial charge >= 0.3 is 0 Å². The standard InChI is InChI=1S/C28H35N9O/c1-19-16-36(26(38)27(3,4)34-11-6-10-29)20(2)15-35(19)24-23-25(33-18-32-24)37(17-28(23)8-5-9-28)22-13-21(14-30)7-12-31-22/h6-7,10-13,18-20H,5,8-9,15-17,29H2,1-4H3/b10-6-,34-11?/t19-,20+/m0/s1. The molecule has 0 bridgehead atoms. The van der Waals surface area contributed by atoms with Gasteiger partial charge in [-0.25, -0.2) is 15.0 Å². The molecule has 1 saturated heterocycles. The summed E-state index contributed by atoms with van der Waals surface area (Å²) in [5.41, 5.74) is 6.25. The SMILES string of the molecule is C[C@@H]1CN(c2ncnc3c2C2(CCC2)CN3c2cc(C#N)ccn2)[C@@H](C)CN1C(=O)C(C)(C)N=C/C=C\N. The Balaban J connectivity index is 1.46. The molecule has 0 radical (unpaired) electrons. The molecule has 10 heteroatoms. The Morgan fingerprint density at radius 3 is 2.66 bits per heavy atom. The lowest BCUT2D eigenvalue weighted by atomic mass is 9.66. The van der Waals surface area contributed by atoms with E-state index in [2.05, 4.69) is 39.7 Å². The zero-order chi connectivity index (χ0) is 27.1. The van der Waals surface area contributed by atoms with Crippen molar-refractivity contribution in [2.24, 2.45) is 10.7 Å². The first kappa shape index (κ1) is 25.6. The van der Waals surface area contributed by atoms with Gasteiger partial charge in [0.1, 0.15) is 29.3 Å². The van der Waals surface area contributed by atoms with E-state index in [0.29, 0.717) is 18.7 Å². The molecule has 1 amide bonds. The number of piperazine rings is 1. The van der Waals surface area contributed by atoms with Crippen LogP contribution in [0.15, 0.2) is 41.9 Å². The third kappa shape index (κ3) is 4.26. The van der Waals surface area contributed by atoms with E-state index in [9.17, 15) is 10.1 Å². The summed E-state index contributed by atoms with van der Waals surface area (Å²) < 4.78 is 0. The minimum absolute atomic E-state index is 0.00354. The van der Waals surface area contributed by atoms with Crippen LogP contribution in [0.25, 0.3) is 0 Å². The molecule has 3 aliphatic rings. The highest BCUT2D eigenvalue weighted by Crippen LogP contribution is 2.56. The molecule has 1 aliphatic carbocycles. The average molecular weight is 514 g/mol. The van der Waals surface area contributed by atoms with E-state index in [1.807, 2.05) is 24.8 Å². The molecule has 2 fully saturated rings. The number of amides is 1. The van der Waals surface area contributed by atoms with E-state index < -0.39 is 5.54 Å². The third-order valence-corrected chi connectivity index (χ3v) is 8.15. The molecule has 2 aromatic heterocycles. The Bertz CT molecular complexity index is 1320. The third-order valence-electron chi connectivity index (χ3n) is 8.15. The van der Waals surface area contributed by atoms with E-state index in [1.165, 1.54) is 11.8 Å². The molecular weight excluding hydrogens is 478 g/mol. The summed E-state index contributed by atoms with van der Waals surface area (Å²) in [5, 5.41) is 9.42. The van der Waals surface area contributed by atoms with Crippen molar-refractivity contribution in [2.45, 2.75) is 70.0 Å². The summed E-state index contributed by atoms with van der Waals surface area (Å²) in [4.78, 5) is 38.5. The number of nitrogens with zero attached hydrogens (tertiary/aromatic N) is 8. The van der Waals surface area contributed by atoms with Gasteiger partial charge in [-0.1, -0.05) is 6.42 Å². The quantitative estimate of drug-likeness (QED) is 0.604. The van der Waals surface area contributed by atoms with Crippen LogP contribution in [0, 0.1) is 11.3 Å². The smallest absolute Gasteiger partial charge is 0.250 e. The minimum Gasteiger partial charge on any atom is -0.405 e. The van der Waals surface area contributed by atoms with Crippen LogP contribution >= 0.6 is 0 Å². The zero-order valence-electron chi connectivity index (χ0n) is 22.5. The summed E-state index contributed by atoms with van der Waals surface area (Å²) in [7, 11) is 0. The fraction of sp³-hybridized carbons (Fsp3) is 0.500. The van der Waals surface area contributed by atoms with Crippen molar-refractivity contribution in [1.82, 2.24) is 19.9 Å². The number of allylic oxidation sites excluding steroid dienone is 1. The van der Waals surface area contributed by atoms with E-state index in [-0.39, 0.29) is 23.4 Å². The van der Waals surface area contributed by atoms with Gasteiger partial charge in [-0.3, -0.25) is 9.79 Å². The first-order valence-electron chi connectivity index (χ1n) is 13.2. The van der Waals surface area contributed by atoms with Crippen LogP contribution in [0.3, 0.4) is 0 Å². The van der Waals surface area contributed by atoms with Crippen LogP contribution in [0.2, 0.25) is 0 Å². The van der Waals surface area contributed by atoms with Crippen LogP contribution in [-0.2, 0) is 10.2 Å². The van der Waals surface area contributed by atoms with Crippen molar-refractivity contribution < 1.29 is 4.79 Å². The van der Waals surface area contributed by atoms with E-state index in [0.717, 1.165) is 43.3 Å². The van der Waals surface area contributed by atoms with Crippen molar-refractivity contribution in [1.29, 1.82) is 5.26 Å². The first-order chi connectivity index (χ1) is 18.2. The maximum atomic E-state index is 13.5. The Morgan fingerprint density at radius 1 is 1.21 bits per heavy atom. The number of fused-ring (bicyclic) bond motifs is 2. The van der Waals surface area contributed by atoms with Gasteiger partial charge in [-0.05, 0) is 64.9 Å². The molecule has 2 N–H and O–H groups in total. The van der Waals surface area contributed by atoms with Gasteiger partial charge in [0.05, 0.1) is 11.6 Å². The topological polar surface area (TPSA) is 128 Å². The Labute approximate surface area is 223 Å². The van der Waals surface area contributed by atoms with Crippen molar-refractivity contribution >= 4 is 29.6 Å². The maximum Gasteiger partial charge on any atom is 0.250 e. The highest BCUT2D eigenvalue weighted by atomic mass is 16.2. The summed E-state index contributed by atoms with van der Waals surface area (Å²) in [6.45, 7) is 9.92. The molecule has 4 heterocycles. The van der Waals surface area contributed by atoms with Gasteiger partial charge in [0.25, 0.3) is 0 Å². The predicted octanol–water partition coefficient (Wildman–Crippen LogP) is 3.06. The number of carbonyl (C=O) groups is 1. The summed E-state index contributed by atoms with van der Waals surface area (Å²) in [6.07, 6.45) is 11.2. The lowest BCUT2D eigenvalue weighted by Gasteiger charge is -2.48. The number of anilines is 3. The molecule has 0 aromatic carbocycles. The van der Waals surface area contributed by atoms with Crippen molar-refractivity contribution in [3.8, 4) is 6.07 Å². The van der Waals surface area contributed by atoms with Crippen LogP contribution in [-0.4, -0.2) is 69.2 Å². The predicted molar refractivity (Wildman–Crippen MR) is 147 cm³/mol. The normalized spacial score (nSPS) is 22.7. The Morgan fingerprint density at radius 2 is 1.97 bits per heavy atom. The number of pyridine rings is 1. The lowest BCUT2D eigenvalue weighted by Crippen LogP contribution is -2.61. The second-order valence-electron chi connectivity index (χ2n) is 11.2. The summed E-state index contributed by atoms with van der Waals surface area (Å²) in [5.74, 6) is 2.56. The molecular formula is C28H35N9O. The molecule has 0 unspecified atom stereocenters. The number of hydrogen-bond donors (Lipinski definition) is 1. The number of carbonyl (C=O) groups excluding carboxylic acids is 1. The second-order valence-corrected chi connectivity index (χ2v) is 11.2. The van der Waals surface area contributed by atoms with Gasteiger partial charge in [-0.15, -0.1) is 0 Å². The fourth-order valence-electron chi connectivity index (χ4n) is 5.95. The van der Waals surface area contributed by atoms with Gasteiger partial charge < -0.3 is 20.4 Å². The molecule has 2 atom stereocenters. The van der Waals surface area contributed by atoms with Gasteiger partial charge in [0.2, 0.25) is 5.91 Å². The van der Waals surface area contributed by atoms with E-state index in [1.54, 1.807) is 30.9 Å². The number of rotatable bonds is 5. The second kappa shape index (κ2) is 9.71. The molecule has 2 aromatic rings. The average Bonchev–Trinajstić information content (AvgIpc) is 3.26. The van der Waals surface area contributed by atoms with Crippen LogP contribution < -0.4 is 15.5 Å². The zero-order valence-corrected chi connectivity index (χ0v) is 22.5. The molecule has 5 rings (SSSR count). The van der Waals surface area contributed by atoms with E-state index in [4.69, 9.17) is 15.7 Å². The maximum absolute atomic E-state index is 13.5. The molecule has 38 heavy (non-hydrogen) atoms.